The van der Waals surface area contributed by atoms with Crippen LogP contribution in [0.3, 0.4) is 0 Å². The highest BCUT2D eigenvalue weighted by molar-refractivity contribution is 5.93. The number of hydrogen-bond acceptors (Lipinski definition) is 6. The zero-order chi connectivity index (χ0) is 20.8. The molecule has 0 radical (unpaired) electrons. The topological polar surface area (TPSA) is 102 Å². The summed E-state index contributed by atoms with van der Waals surface area (Å²) in [6, 6.07) is 5.22. The summed E-state index contributed by atoms with van der Waals surface area (Å²) in [5.41, 5.74) is 3.74. The fourth-order valence-electron chi connectivity index (χ4n) is 5.30. The van der Waals surface area contributed by atoms with Crippen LogP contribution in [0.5, 0.6) is 5.75 Å². The second-order valence-corrected chi connectivity index (χ2v) is 8.33. The smallest absolute Gasteiger partial charge is 0.343 e. The van der Waals surface area contributed by atoms with Gasteiger partial charge >= 0.3 is 5.97 Å². The van der Waals surface area contributed by atoms with Gasteiger partial charge in [0, 0.05) is 22.1 Å². The maximum Gasteiger partial charge on any atom is 0.343 e. The maximum absolute atomic E-state index is 13.3. The third-order valence-electron chi connectivity index (χ3n) is 6.91. The van der Waals surface area contributed by atoms with E-state index >= 15 is 0 Å². The third kappa shape index (κ3) is 2.00. The van der Waals surface area contributed by atoms with Crippen molar-refractivity contribution in [3.05, 3.63) is 56.4 Å². The summed E-state index contributed by atoms with van der Waals surface area (Å²) < 4.78 is 6.79. The minimum absolute atomic E-state index is 0.119. The van der Waals surface area contributed by atoms with Gasteiger partial charge < -0.3 is 19.5 Å². The van der Waals surface area contributed by atoms with Crippen molar-refractivity contribution < 1.29 is 19.7 Å². The highest BCUT2D eigenvalue weighted by atomic mass is 16.6. The molecule has 30 heavy (non-hydrogen) atoms. The van der Waals surface area contributed by atoms with Gasteiger partial charge in [0.15, 0.2) is 5.60 Å². The Balaban J connectivity index is 1.68. The first-order valence-electron chi connectivity index (χ1n) is 10.3. The van der Waals surface area contributed by atoms with Crippen LogP contribution < -0.4 is 5.56 Å². The molecule has 0 saturated heterocycles. The molecule has 0 fully saturated rings. The highest BCUT2D eigenvalue weighted by Gasteiger charge is 2.45. The van der Waals surface area contributed by atoms with Gasteiger partial charge in [-0.05, 0) is 49.4 Å². The molecule has 0 saturated carbocycles. The molecule has 152 valence electrons. The van der Waals surface area contributed by atoms with E-state index in [-0.39, 0.29) is 24.3 Å². The number of esters is 1. The van der Waals surface area contributed by atoms with Crippen molar-refractivity contribution in [3.8, 4) is 17.1 Å². The van der Waals surface area contributed by atoms with Crippen molar-refractivity contribution in [2.45, 2.75) is 51.4 Å². The number of benzene rings is 1. The largest absolute Gasteiger partial charge is 0.508 e. The summed E-state index contributed by atoms with van der Waals surface area (Å²) in [6.07, 6.45) is 2.71. The second-order valence-electron chi connectivity index (χ2n) is 8.33. The number of cyclic esters (lactones) is 1. The number of pyridine rings is 2. The Morgan fingerprint density at radius 1 is 1.17 bits per heavy atom. The number of carbonyl (C=O) groups excluding carboxylic acids is 1. The molecule has 2 aromatic heterocycles. The van der Waals surface area contributed by atoms with Gasteiger partial charge in [-0.15, -0.1) is 0 Å². The number of aryl methyl sites for hydroxylation is 2. The molecule has 0 bridgehead atoms. The van der Waals surface area contributed by atoms with Crippen LogP contribution in [0.1, 0.15) is 47.6 Å². The molecule has 2 aliphatic heterocycles. The average Bonchev–Trinajstić information content (AvgIpc) is 3.13. The van der Waals surface area contributed by atoms with Crippen LogP contribution >= 0.6 is 0 Å². The number of aromatic nitrogens is 2. The van der Waals surface area contributed by atoms with Crippen molar-refractivity contribution in [3.63, 3.8) is 0 Å². The molecule has 6 rings (SSSR count). The normalized spacial score (nSPS) is 21.2. The SMILES string of the molecule is CC[C@]1(O)C(=O)OCc2c1cc1n(c2=O)Cc2c-1nc1ccc(O)c3c1c2CCC3. The first kappa shape index (κ1) is 17.7. The van der Waals surface area contributed by atoms with Crippen LogP contribution in [0.2, 0.25) is 0 Å². The van der Waals surface area contributed by atoms with Crippen LogP contribution in [0.15, 0.2) is 23.0 Å². The van der Waals surface area contributed by atoms with Gasteiger partial charge in [-0.3, -0.25) is 4.79 Å². The minimum atomic E-state index is -1.82. The zero-order valence-corrected chi connectivity index (χ0v) is 16.5. The van der Waals surface area contributed by atoms with E-state index in [0.29, 0.717) is 29.1 Å². The van der Waals surface area contributed by atoms with Crippen LogP contribution in [0, 0.1) is 0 Å². The van der Waals surface area contributed by atoms with E-state index in [4.69, 9.17) is 9.72 Å². The Kier molecular flexibility index (Phi) is 3.35. The van der Waals surface area contributed by atoms with E-state index in [1.54, 1.807) is 23.6 Å². The predicted molar refractivity (Wildman–Crippen MR) is 108 cm³/mol. The van der Waals surface area contributed by atoms with E-state index in [2.05, 4.69) is 0 Å². The second kappa shape index (κ2) is 5.70. The number of carbonyl (C=O) groups is 1. The van der Waals surface area contributed by atoms with E-state index in [1.807, 2.05) is 6.07 Å². The number of fused-ring (bicyclic) bond motifs is 5. The lowest BCUT2D eigenvalue weighted by molar-refractivity contribution is -0.172. The van der Waals surface area contributed by atoms with Crippen LogP contribution in [0.4, 0.5) is 0 Å². The summed E-state index contributed by atoms with van der Waals surface area (Å²) >= 11 is 0. The van der Waals surface area contributed by atoms with Gasteiger partial charge in [-0.25, -0.2) is 9.78 Å². The fourth-order valence-corrected chi connectivity index (χ4v) is 5.30. The van der Waals surface area contributed by atoms with Gasteiger partial charge in [-0.1, -0.05) is 6.92 Å². The molecule has 1 aliphatic carbocycles. The Bertz CT molecular complexity index is 1360. The van der Waals surface area contributed by atoms with Crippen LogP contribution in [-0.4, -0.2) is 25.7 Å². The number of phenolic OH excluding ortho intramolecular Hbond substituents is 1. The maximum atomic E-state index is 13.3. The molecule has 1 aromatic carbocycles. The van der Waals surface area contributed by atoms with Gasteiger partial charge in [0.25, 0.3) is 5.56 Å². The third-order valence-corrected chi connectivity index (χ3v) is 6.91. The van der Waals surface area contributed by atoms with Gasteiger partial charge in [0.1, 0.15) is 12.4 Å². The van der Waals surface area contributed by atoms with E-state index < -0.39 is 11.6 Å². The summed E-state index contributed by atoms with van der Waals surface area (Å²) in [5.74, 6) is -0.432. The molecule has 3 aromatic rings. The lowest BCUT2D eigenvalue weighted by atomic mass is 9.85. The number of ether oxygens (including phenoxy) is 1. The molecule has 2 N–H and O–H groups in total. The van der Waals surface area contributed by atoms with E-state index in [1.165, 1.54) is 0 Å². The molecular formula is C23H20N2O5. The minimum Gasteiger partial charge on any atom is -0.508 e. The Labute approximate surface area is 171 Å². The first-order valence-corrected chi connectivity index (χ1v) is 10.3. The molecule has 7 heteroatoms. The van der Waals surface area contributed by atoms with Crippen LogP contribution in [-0.2, 0) is 41.1 Å². The van der Waals surface area contributed by atoms with Crippen LogP contribution in [0.25, 0.3) is 22.3 Å². The Morgan fingerprint density at radius 2 is 1.97 bits per heavy atom. The van der Waals surface area contributed by atoms with Gasteiger partial charge in [-0.2, -0.15) is 0 Å². The molecular weight excluding hydrogens is 384 g/mol. The van der Waals surface area contributed by atoms with Crippen molar-refractivity contribution >= 4 is 16.9 Å². The Morgan fingerprint density at radius 3 is 2.77 bits per heavy atom. The van der Waals surface area contributed by atoms with Crippen molar-refractivity contribution in [1.29, 1.82) is 0 Å². The lowest BCUT2D eigenvalue weighted by Gasteiger charge is -2.31. The van der Waals surface area contributed by atoms with E-state index in [9.17, 15) is 19.8 Å². The van der Waals surface area contributed by atoms with Crippen molar-refractivity contribution in [2.24, 2.45) is 0 Å². The van der Waals surface area contributed by atoms with Crippen molar-refractivity contribution in [1.82, 2.24) is 9.55 Å². The molecule has 0 amide bonds. The molecule has 0 unspecified atom stereocenters. The standard InChI is InChI=1S/C23H20N2O5/c1-2-23(29)15-8-17-20-13(9-25(17)21(27)14(15)10-30-22(23)28)11-4-3-5-12-18(26)7-6-16(24-20)19(11)12/h6-8,26,29H,2-5,9-10H2,1H3/t23-/m1/s1. The van der Waals surface area contributed by atoms with E-state index in [0.717, 1.165) is 46.9 Å². The number of rotatable bonds is 1. The number of aliphatic hydroxyl groups is 1. The predicted octanol–water partition coefficient (Wildman–Crippen LogP) is 2.27. The highest BCUT2D eigenvalue weighted by Crippen LogP contribution is 2.43. The Hall–Kier alpha value is -3.19. The average molecular weight is 404 g/mol. The van der Waals surface area contributed by atoms with Gasteiger partial charge in [0.2, 0.25) is 0 Å². The molecule has 1 atom stereocenters. The summed E-state index contributed by atoms with van der Waals surface area (Å²) in [4.78, 5) is 30.5. The summed E-state index contributed by atoms with van der Waals surface area (Å²) in [7, 11) is 0. The molecule has 7 nitrogen and oxygen atoms in total. The number of phenols is 1. The summed E-state index contributed by atoms with van der Waals surface area (Å²) in [6.45, 7) is 1.95. The molecule has 3 aliphatic rings. The fraction of sp³-hybridized carbons (Fsp3) is 0.348. The number of aromatic hydroxyl groups is 1. The lowest BCUT2D eigenvalue weighted by Crippen LogP contribution is -2.44. The quantitative estimate of drug-likeness (QED) is 0.472. The summed E-state index contributed by atoms with van der Waals surface area (Å²) in [5, 5.41) is 22.3. The number of hydrogen-bond donors (Lipinski definition) is 2. The van der Waals surface area contributed by atoms with Crippen molar-refractivity contribution in [2.75, 3.05) is 0 Å². The zero-order valence-electron chi connectivity index (χ0n) is 16.5. The molecule has 4 heterocycles. The monoisotopic (exact) mass is 404 g/mol. The molecule has 0 spiro atoms. The first-order chi connectivity index (χ1) is 14.4. The van der Waals surface area contributed by atoms with Gasteiger partial charge in [0.05, 0.1) is 29.0 Å². The number of nitrogens with zero attached hydrogens (tertiary/aromatic N) is 2.